The van der Waals surface area contributed by atoms with E-state index in [1.165, 1.54) is 18.0 Å². The predicted molar refractivity (Wildman–Crippen MR) is 85.5 cm³/mol. The lowest BCUT2D eigenvalue weighted by Gasteiger charge is -2.08. The van der Waals surface area contributed by atoms with Crippen LogP contribution in [0.25, 0.3) is 0 Å². The molecular weight excluding hydrogens is 349 g/mol. The molecular formula is C15H12ClF3N2OS. The van der Waals surface area contributed by atoms with Crippen LogP contribution in [0.3, 0.4) is 0 Å². The van der Waals surface area contributed by atoms with Crippen LogP contribution < -0.4 is 0 Å². The Balaban J connectivity index is 1.88. The van der Waals surface area contributed by atoms with Gasteiger partial charge in [0.15, 0.2) is 0 Å². The number of hydrogen-bond donors (Lipinski definition) is 1. The van der Waals surface area contributed by atoms with E-state index in [1.807, 2.05) is 0 Å². The molecule has 0 bridgehead atoms. The van der Waals surface area contributed by atoms with Gasteiger partial charge >= 0.3 is 6.18 Å². The number of halogens is 4. The third-order valence-corrected chi connectivity index (χ3v) is 4.15. The van der Waals surface area contributed by atoms with Gasteiger partial charge in [-0.2, -0.15) is 13.2 Å². The van der Waals surface area contributed by atoms with E-state index in [1.54, 1.807) is 24.3 Å². The number of rotatable bonds is 5. The Morgan fingerprint density at radius 2 is 2.04 bits per heavy atom. The van der Waals surface area contributed by atoms with Gasteiger partial charge in [0, 0.05) is 30.3 Å². The van der Waals surface area contributed by atoms with Crippen LogP contribution in [-0.2, 0) is 6.18 Å². The van der Waals surface area contributed by atoms with Crippen molar-refractivity contribution >= 4 is 29.6 Å². The van der Waals surface area contributed by atoms with Crippen LogP contribution >= 0.6 is 23.4 Å². The average Bonchev–Trinajstić information content (AvgIpc) is 2.49. The second-order valence-electron chi connectivity index (χ2n) is 4.45. The fourth-order valence-corrected chi connectivity index (χ4v) is 2.69. The van der Waals surface area contributed by atoms with Crippen molar-refractivity contribution in [2.45, 2.75) is 11.2 Å². The molecule has 3 nitrogen and oxygen atoms in total. The van der Waals surface area contributed by atoms with Crippen molar-refractivity contribution in [3.8, 4) is 5.75 Å². The molecule has 0 saturated carbocycles. The lowest BCUT2D eigenvalue weighted by molar-refractivity contribution is -0.137. The zero-order chi connectivity index (χ0) is 16.9. The number of phenols is 1. The number of pyridine rings is 1. The summed E-state index contributed by atoms with van der Waals surface area (Å²) in [7, 11) is 0. The van der Waals surface area contributed by atoms with Crippen LogP contribution in [0.15, 0.2) is 46.5 Å². The van der Waals surface area contributed by atoms with Crippen molar-refractivity contribution in [2.75, 3.05) is 12.3 Å². The molecule has 0 aliphatic carbocycles. The number of hydrogen-bond acceptors (Lipinski definition) is 4. The molecule has 0 atom stereocenters. The van der Waals surface area contributed by atoms with Crippen molar-refractivity contribution in [3.63, 3.8) is 0 Å². The standard InChI is InChI=1S/C15H12ClF3N2OS/c16-12-7-11(15(17,18)19)9-21-14(12)23-6-5-20-8-10-3-1-2-4-13(10)22/h1-4,7-9,22H,5-6H2. The molecule has 0 radical (unpaired) electrons. The van der Waals surface area contributed by atoms with E-state index in [0.29, 0.717) is 22.9 Å². The van der Waals surface area contributed by atoms with Crippen LogP contribution in [0.5, 0.6) is 5.75 Å². The Morgan fingerprint density at radius 1 is 1.30 bits per heavy atom. The zero-order valence-electron chi connectivity index (χ0n) is 11.7. The molecule has 1 N–H and O–H groups in total. The third kappa shape index (κ3) is 5.14. The highest BCUT2D eigenvalue weighted by Gasteiger charge is 2.31. The quantitative estimate of drug-likeness (QED) is 0.479. The molecule has 0 aliphatic heterocycles. The summed E-state index contributed by atoms with van der Waals surface area (Å²) in [6.45, 7) is 0.415. The lowest BCUT2D eigenvalue weighted by Crippen LogP contribution is -2.05. The summed E-state index contributed by atoms with van der Waals surface area (Å²) < 4.78 is 37.5. The smallest absolute Gasteiger partial charge is 0.417 e. The Bertz CT molecular complexity index is 707. The fourth-order valence-electron chi connectivity index (χ4n) is 1.64. The van der Waals surface area contributed by atoms with Gasteiger partial charge in [0.25, 0.3) is 0 Å². The van der Waals surface area contributed by atoms with Gasteiger partial charge in [-0.3, -0.25) is 4.99 Å². The fraction of sp³-hybridized carbons (Fsp3) is 0.200. The largest absolute Gasteiger partial charge is 0.507 e. The number of benzene rings is 1. The number of nitrogens with zero attached hydrogens (tertiary/aromatic N) is 2. The summed E-state index contributed by atoms with van der Waals surface area (Å²) in [6, 6.07) is 7.63. The molecule has 1 aromatic heterocycles. The molecule has 0 amide bonds. The van der Waals surface area contributed by atoms with Gasteiger partial charge in [-0.1, -0.05) is 23.7 Å². The average molecular weight is 361 g/mol. The first-order valence-electron chi connectivity index (χ1n) is 6.51. The number of aromatic hydroxyl groups is 1. The van der Waals surface area contributed by atoms with Crippen LogP contribution in [-0.4, -0.2) is 28.6 Å². The zero-order valence-corrected chi connectivity index (χ0v) is 13.3. The van der Waals surface area contributed by atoms with E-state index in [-0.39, 0.29) is 10.8 Å². The Morgan fingerprint density at radius 3 is 2.70 bits per heavy atom. The topological polar surface area (TPSA) is 45.5 Å². The first-order valence-corrected chi connectivity index (χ1v) is 7.87. The number of alkyl halides is 3. The summed E-state index contributed by atoms with van der Waals surface area (Å²) in [5.74, 6) is 0.638. The van der Waals surface area contributed by atoms with Gasteiger partial charge in [-0.15, -0.1) is 11.8 Å². The molecule has 2 rings (SSSR count). The number of aliphatic imine (C=N–C) groups is 1. The van der Waals surface area contributed by atoms with E-state index in [4.69, 9.17) is 11.6 Å². The summed E-state index contributed by atoms with van der Waals surface area (Å²) in [4.78, 5) is 7.88. The maximum absolute atomic E-state index is 12.5. The lowest BCUT2D eigenvalue weighted by atomic mass is 10.2. The second-order valence-corrected chi connectivity index (χ2v) is 5.94. The van der Waals surface area contributed by atoms with Crippen LogP contribution in [0.2, 0.25) is 5.02 Å². The predicted octanol–water partition coefficient (Wildman–Crippen LogP) is 4.67. The first kappa shape index (κ1) is 17.6. The summed E-state index contributed by atoms with van der Waals surface area (Å²) in [6.07, 6.45) is -2.15. The van der Waals surface area contributed by atoms with Crippen molar-refractivity contribution < 1.29 is 18.3 Å². The van der Waals surface area contributed by atoms with Crippen molar-refractivity contribution in [1.82, 2.24) is 4.98 Å². The SMILES string of the molecule is Oc1ccccc1C=NCCSc1ncc(C(F)(F)F)cc1Cl. The van der Waals surface area contributed by atoms with Gasteiger partial charge < -0.3 is 5.11 Å². The summed E-state index contributed by atoms with van der Waals surface area (Å²) >= 11 is 7.03. The maximum atomic E-state index is 12.5. The van der Waals surface area contributed by atoms with E-state index >= 15 is 0 Å². The molecule has 122 valence electrons. The Hall–Kier alpha value is -1.73. The molecule has 1 heterocycles. The number of para-hydroxylation sites is 1. The van der Waals surface area contributed by atoms with Gasteiger partial charge in [0.1, 0.15) is 10.8 Å². The summed E-state index contributed by atoms with van der Waals surface area (Å²) in [5.41, 5.74) is -0.271. The first-order chi connectivity index (χ1) is 10.9. The van der Waals surface area contributed by atoms with Crippen molar-refractivity contribution in [3.05, 3.63) is 52.7 Å². The molecule has 0 aliphatic rings. The Labute approximate surface area is 140 Å². The van der Waals surface area contributed by atoms with Gasteiger partial charge in [-0.05, 0) is 18.2 Å². The number of phenolic OH excluding ortho intramolecular Hbond substituents is 1. The molecule has 23 heavy (non-hydrogen) atoms. The van der Waals surface area contributed by atoms with Crippen LogP contribution in [0.1, 0.15) is 11.1 Å². The summed E-state index contributed by atoms with van der Waals surface area (Å²) in [5, 5.41) is 9.86. The van der Waals surface area contributed by atoms with Crippen molar-refractivity contribution in [2.24, 2.45) is 4.99 Å². The highest BCUT2D eigenvalue weighted by atomic mass is 35.5. The molecule has 2 aromatic rings. The highest BCUT2D eigenvalue weighted by Crippen LogP contribution is 2.33. The second kappa shape index (κ2) is 7.70. The molecule has 1 aromatic carbocycles. The molecule has 0 saturated heterocycles. The minimum absolute atomic E-state index is 0.0329. The monoisotopic (exact) mass is 360 g/mol. The maximum Gasteiger partial charge on any atom is 0.417 e. The van der Waals surface area contributed by atoms with E-state index in [9.17, 15) is 18.3 Å². The van der Waals surface area contributed by atoms with Crippen LogP contribution in [0, 0.1) is 0 Å². The van der Waals surface area contributed by atoms with E-state index in [0.717, 1.165) is 12.3 Å². The third-order valence-electron chi connectivity index (χ3n) is 2.76. The molecule has 8 heteroatoms. The normalized spacial score (nSPS) is 12.0. The van der Waals surface area contributed by atoms with Crippen LogP contribution in [0.4, 0.5) is 13.2 Å². The van der Waals surface area contributed by atoms with Crippen molar-refractivity contribution in [1.29, 1.82) is 0 Å². The number of aromatic nitrogens is 1. The minimum atomic E-state index is -4.46. The molecule has 0 unspecified atom stereocenters. The molecule has 0 fully saturated rings. The van der Waals surface area contributed by atoms with Gasteiger partial charge in [0.05, 0.1) is 10.6 Å². The molecule has 0 spiro atoms. The van der Waals surface area contributed by atoms with Gasteiger partial charge in [0.2, 0.25) is 0 Å². The van der Waals surface area contributed by atoms with Gasteiger partial charge in [-0.25, -0.2) is 4.98 Å². The highest BCUT2D eigenvalue weighted by molar-refractivity contribution is 7.99. The van der Waals surface area contributed by atoms with E-state index < -0.39 is 11.7 Å². The minimum Gasteiger partial charge on any atom is -0.507 e. The van der Waals surface area contributed by atoms with E-state index in [2.05, 4.69) is 9.98 Å². The Kier molecular flexibility index (Phi) is 5.90. The number of thioether (sulfide) groups is 1.